The van der Waals surface area contributed by atoms with Crippen LogP contribution in [0.15, 0.2) is 73.8 Å². The maximum atomic E-state index is 12.8. The third-order valence-corrected chi connectivity index (χ3v) is 7.86. The van der Waals surface area contributed by atoms with Gasteiger partial charge in [-0.1, -0.05) is 39.8 Å². The van der Waals surface area contributed by atoms with Crippen molar-refractivity contribution < 1.29 is 18.9 Å². The van der Waals surface area contributed by atoms with E-state index in [1.807, 2.05) is 104 Å². The summed E-state index contributed by atoms with van der Waals surface area (Å²) < 4.78 is 24.0. The first-order valence-corrected chi connectivity index (χ1v) is 16.6. The number of ether oxygens (including phenoxy) is 4. The van der Waals surface area contributed by atoms with Gasteiger partial charge in [0, 0.05) is 6.07 Å². The summed E-state index contributed by atoms with van der Waals surface area (Å²) in [5.74, 6) is 2.61. The number of benzene rings is 3. The van der Waals surface area contributed by atoms with Crippen LogP contribution in [0.3, 0.4) is 0 Å². The maximum absolute atomic E-state index is 12.8. The third kappa shape index (κ3) is 9.68. The quantitative estimate of drug-likeness (QED) is 0.145. The second-order valence-electron chi connectivity index (χ2n) is 13.1. The van der Waals surface area contributed by atoms with Gasteiger partial charge in [-0.3, -0.25) is 29.1 Å². The molecule has 270 valence electrons. The molecule has 0 saturated carbocycles. The first kappa shape index (κ1) is 38.0. The summed E-state index contributed by atoms with van der Waals surface area (Å²) in [5.41, 5.74) is 3.80. The molecule has 12 nitrogen and oxygen atoms in total. The molecule has 3 N–H and O–H groups in total. The van der Waals surface area contributed by atoms with Gasteiger partial charge in [0.1, 0.15) is 23.0 Å². The predicted octanol–water partition coefficient (Wildman–Crippen LogP) is 6.73. The molecule has 5 aromatic rings. The summed E-state index contributed by atoms with van der Waals surface area (Å²) in [6, 6.07) is 16.9. The van der Waals surface area contributed by atoms with Crippen LogP contribution >= 0.6 is 0 Å². The Balaban J connectivity index is 0.000000251. The van der Waals surface area contributed by atoms with Crippen LogP contribution < -0.4 is 41.4 Å². The minimum Gasteiger partial charge on any atom is -0.497 e. The zero-order valence-electron chi connectivity index (χ0n) is 30.8. The zero-order valence-corrected chi connectivity index (χ0v) is 30.8. The lowest BCUT2D eigenvalue weighted by atomic mass is 10.1. The second kappa shape index (κ2) is 16.3. The Morgan fingerprint density at radius 3 is 1.51 bits per heavy atom. The second-order valence-corrected chi connectivity index (χ2v) is 13.1. The SMILES string of the molecule is COc1cc(Cn2c(Oc3cc(C)cc(C)c3)c(C(C)C)c(=O)[nH]c2=O)cc(OC)c1.Cc1cc(C)cc(Oc2[nH]c(=O)[nH]c(=O)c2C(C)C)c1. The van der Waals surface area contributed by atoms with Gasteiger partial charge < -0.3 is 18.9 Å². The van der Waals surface area contributed by atoms with Crippen molar-refractivity contribution in [2.24, 2.45) is 0 Å². The molecular formula is C39H46N4O8. The Morgan fingerprint density at radius 1 is 0.569 bits per heavy atom. The number of aryl methyl sites for hydroxylation is 4. The minimum atomic E-state index is -0.571. The standard InChI is InChI=1S/C24H28N2O5.C15H18N2O3/c1-14(2)21-22(27)25-24(28)26(13-17-10-18(29-5)12-19(11-17)30-6)23(21)31-20-8-15(3)7-16(4)9-20;1-8(2)12-13(18)16-15(19)17-14(12)20-11-6-9(3)5-10(4)7-11/h7-12,14H,13H2,1-6H3,(H,25,27,28);5-8H,1-4H3,(H2,16,17,18,19). The summed E-state index contributed by atoms with van der Waals surface area (Å²) in [6.07, 6.45) is 0. The van der Waals surface area contributed by atoms with E-state index in [0.717, 1.165) is 27.8 Å². The van der Waals surface area contributed by atoms with Crippen LogP contribution in [0.25, 0.3) is 0 Å². The summed E-state index contributed by atoms with van der Waals surface area (Å²) >= 11 is 0. The predicted molar refractivity (Wildman–Crippen MR) is 198 cm³/mol. The summed E-state index contributed by atoms with van der Waals surface area (Å²) in [5, 5.41) is 0. The number of hydrogen-bond donors (Lipinski definition) is 3. The minimum absolute atomic E-state index is 0.0588. The molecule has 0 atom stereocenters. The van der Waals surface area contributed by atoms with E-state index >= 15 is 0 Å². The molecule has 0 aliphatic carbocycles. The molecule has 0 fully saturated rings. The number of methoxy groups -OCH3 is 2. The van der Waals surface area contributed by atoms with Crippen molar-refractivity contribution >= 4 is 0 Å². The number of hydrogen-bond acceptors (Lipinski definition) is 8. The fraction of sp³-hybridized carbons (Fsp3) is 0.333. The number of aromatic nitrogens is 4. The smallest absolute Gasteiger partial charge is 0.331 e. The fourth-order valence-corrected chi connectivity index (χ4v) is 5.76. The van der Waals surface area contributed by atoms with Crippen molar-refractivity contribution in [1.29, 1.82) is 0 Å². The number of rotatable bonds is 10. The van der Waals surface area contributed by atoms with Crippen LogP contribution in [0, 0.1) is 27.7 Å². The van der Waals surface area contributed by atoms with Gasteiger partial charge in [0.15, 0.2) is 0 Å². The highest BCUT2D eigenvalue weighted by molar-refractivity contribution is 5.41. The van der Waals surface area contributed by atoms with Crippen molar-refractivity contribution in [2.75, 3.05) is 14.2 Å². The molecule has 0 aliphatic heterocycles. The molecule has 0 amide bonds. The third-order valence-electron chi connectivity index (χ3n) is 7.86. The average molecular weight is 699 g/mol. The average Bonchev–Trinajstić information content (AvgIpc) is 3.01. The molecule has 0 unspecified atom stereocenters. The zero-order chi connectivity index (χ0) is 37.6. The van der Waals surface area contributed by atoms with Gasteiger partial charge in [-0.05, 0) is 104 Å². The highest BCUT2D eigenvalue weighted by atomic mass is 16.5. The Kier molecular flexibility index (Phi) is 12.1. The molecule has 51 heavy (non-hydrogen) atoms. The number of nitrogens with one attached hydrogen (secondary N) is 3. The van der Waals surface area contributed by atoms with Crippen LogP contribution in [0.4, 0.5) is 0 Å². The van der Waals surface area contributed by atoms with E-state index in [1.54, 1.807) is 20.3 Å². The van der Waals surface area contributed by atoms with E-state index in [1.165, 1.54) is 4.57 Å². The molecule has 2 aromatic heterocycles. The van der Waals surface area contributed by atoms with E-state index in [4.69, 9.17) is 18.9 Å². The molecule has 0 spiro atoms. The Labute approximate surface area is 296 Å². The van der Waals surface area contributed by atoms with Crippen LogP contribution in [-0.2, 0) is 6.54 Å². The first-order chi connectivity index (χ1) is 24.1. The van der Waals surface area contributed by atoms with Crippen molar-refractivity contribution in [2.45, 2.75) is 73.8 Å². The Hall–Kier alpha value is -5.78. The van der Waals surface area contributed by atoms with Crippen molar-refractivity contribution in [3.8, 4) is 34.8 Å². The topological polar surface area (TPSA) is 157 Å². The number of nitrogens with zero attached hydrogens (tertiary/aromatic N) is 1. The van der Waals surface area contributed by atoms with E-state index in [2.05, 4.69) is 15.0 Å². The molecular weight excluding hydrogens is 652 g/mol. The number of H-pyrrole nitrogens is 3. The molecule has 0 saturated heterocycles. The van der Waals surface area contributed by atoms with Gasteiger partial charge in [0.05, 0.1) is 31.9 Å². The summed E-state index contributed by atoms with van der Waals surface area (Å²) in [7, 11) is 3.13. The molecule has 12 heteroatoms. The lowest BCUT2D eigenvalue weighted by Crippen LogP contribution is -2.34. The highest BCUT2D eigenvalue weighted by Crippen LogP contribution is 2.30. The van der Waals surface area contributed by atoms with E-state index < -0.39 is 22.5 Å². The molecule has 3 aromatic carbocycles. The molecule has 0 radical (unpaired) electrons. The van der Waals surface area contributed by atoms with Crippen molar-refractivity contribution in [3.05, 3.63) is 135 Å². The van der Waals surface area contributed by atoms with Crippen LogP contribution in [-0.4, -0.2) is 33.7 Å². The van der Waals surface area contributed by atoms with Crippen LogP contribution in [0.1, 0.15) is 78.5 Å². The van der Waals surface area contributed by atoms with Crippen molar-refractivity contribution in [1.82, 2.24) is 19.5 Å². The van der Waals surface area contributed by atoms with Gasteiger partial charge in [-0.25, -0.2) is 9.59 Å². The monoisotopic (exact) mass is 698 g/mol. The van der Waals surface area contributed by atoms with Crippen LogP contribution in [0.5, 0.6) is 34.8 Å². The van der Waals surface area contributed by atoms with Gasteiger partial charge in [-0.15, -0.1) is 0 Å². The van der Waals surface area contributed by atoms with Gasteiger partial charge in [0.25, 0.3) is 11.1 Å². The first-order valence-electron chi connectivity index (χ1n) is 16.6. The number of aromatic amines is 3. The Bertz CT molecular complexity index is 2200. The molecule has 0 aliphatic rings. The normalized spacial score (nSPS) is 10.9. The van der Waals surface area contributed by atoms with E-state index in [-0.39, 0.29) is 30.1 Å². The molecule has 2 heterocycles. The molecule has 5 rings (SSSR count). The van der Waals surface area contributed by atoms with Gasteiger partial charge >= 0.3 is 11.4 Å². The lowest BCUT2D eigenvalue weighted by Gasteiger charge is -2.19. The lowest BCUT2D eigenvalue weighted by molar-refractivity contribution is 0.391. The largest absolute Gasteiger partial charge is 0.497 e. The summed E-state index contributed by atoms with van der Waals surface area (Å²) in [4.78, 5) is 56.0. The summed E-state index contributed by atoms with van der Waals surface area (Å²) in [6.45, 7) is 15.6. The van der Waals surface area contributed by atoms with E-state index in [0.29, 0.717) is 34.1 Å². The van der Waals surface area contributed by atoms with Crippen molar-refractivity contribution in [3.63, 3.8) is 0 Å². The maximum Gasteiger partial charge on any atom is 0.331 e. The fourth-order valence-electron chi connectivity index (χ4n) is 5.76. The Morgan fingerprint density at radius 2 is 1.04 bits per heavy atom. The van der Waals surface area contributed by atoms with Crippen LogP contribution in [0.2, 0.25) is 0 Å². The van der Waals surface area contributed by atoms with Gasteiger partial charge in [0.2, 0.25) is 11.8 Å². The highest BCUT2D eigenvalue weighted by Gasteiger charge is 2.21. The molecule has 0 bridgehead atoms. The van der Waals surface area contributed by atoms with E-state index in [9.17, 15) is 19.2 Å². The van der Waals surface area contributed by atoms with Gasteiger partial charge in [-0.2, -0.15) is 0 Å².